The molecular weight excluding hydrogens is 298 g/mol. The van der Waals surface area contributed by atoms with Gasteiger partial charge in [0.2, 0.25) is 5.91 Å². The summed E-state index contributed by atoms with van der Waals surface area (Å²) in [4.78, 5) is 26.0. The van der Waals surface area contributed by atoms with Gasteiger partial charge in [-0.1, -0.05) is 0 Å². The number of aliphatic carboxylic acids is 1. The number of amides is 1. The number of fused-ring (bicyclic) bond motifs is 1. The number of carbonyl (C=O) groups is 2. The van der Waals surface area contributed by atoms with E-state index in [0.29, 0.717) is 45.1 Å². The van der Waals surface area contributed by atoms with Gasteiger partial charge in [0, 0.05) is 45.2 Å². The van der Waals surface area contributed by atoms with Gasteiger partial charge < -0.3 is 19.5 Å². The van der Waals surface area contributed by atoms with Crippen LogP contribution in [0, 0.1) is 17.3 Å². The standard InChI is InChI=1S/C17H27NO5/c19-15(3-1-2-13-4-7-22-8-5-13)18-10-14-11-23-9-6-17(14,12-18)16(20)21/h13-14H,1-12H2,(H,20,21)/t14-,17+/m0/s1. The fraction of sp³-hybridized carbons (Fsp3) is 0.882. The smallest absolute Gasteiger partial charge is 0.311 e. The van der Waals surface area contributed by atoms with Crippen LogP contribution in [-0.4, -0.2) is 61.4 Å². The third-order valence-electron chi connectivity index (χ3n) is 5.83. The number of nitrogens with zero attached hydrogens (tertiary/aromatic N) is 1. The maximum atomic E-state index is 12.5. The lowest BCUT2D eigenvalue weighted by Gasteiger charge is -2.33. The lowest BCUT2D eigenvalue weighted by molar-refractivity contribution is -0.157. The quantitative estimate of drug-likeness (QED) is 0.829. The molecule has 130 valence electrons. The van der Waals surface area contributed by atoms with Crippen LogP contribution in [0.2, 0.25) is 0 Å². The molecule has 0 unspecified atom stereocenters. The van der Waals surface area contributed by atoms with Gasteiger partial charge in [0.25, 0.3) is 0 Å². The van der Waals surface area contributed by atoms with Crippen molar-refractivity contribution in [3.8, 4) is 0 Å². The highest BCUT2D eigenvalue weighted by Crippen LogP contribution is 2.42. The number of carboxylic acids is 1. The van der Waals surface area contributed by atoms with Crippen LogP contribution in [0.15, 0.2) is 0 Å². The lowest BCUT2D eigenvalue weighted by Crippen LogP contribution is -2.45. The highest BCUT2D eigenvalue weighted by atomic mass is 16.5. The maximum Gasteiger partial charge on any atom is 0.311 e. The zero-order chi connectivity index (χ0) is 16.3. The predicted molar refractivity (Wildman–Crippen MR) is 83.0 cm³/mol. The maximum absolute atomic E-state index is 12.5. The minimum atomic E-state index is -0.783. The molecule has 3 aliphatic rings. The summed E-state index contributed by atoms with van der Waals surface area (Å²) in [5.74, 6) is -0.0555. The van der Waals surface area contributed by atoms with Gasteiger partial charge in [-0.25, -0.2) is 0 Å². The number of likely N-dealkylation sites (tertiary alicyclic amines) is 1. The molecule has 0 radical (unpaired) electrons. The zero-order valence-corrected chi connectivity index (χ0v) is 13.7. The van der Waals surface area contributed by atoms with Gasteiger partial charge >= 0.3 is 5.97 Å². The minimum Gasteiger partial charge on any atom is -0.481 e. The second-order valence-electron chi connectivity index (χ2n) is 7.21. The Labute approximate surface area is 137 Å². The zero-order valence-electron chi connectivity index (χ0n) is 13.7. The van der Waals surface area contributed by atoms with Gasteiger partial charge in [-0.05, 0) is 38.0 Å². The highest BCUT2D eigenvalue weighted by molar-refractivity contribution is 5.81. The fourth-order valence-electron chi connectivity index (χ4n) is 4.22. The van der Waals surface area contributed by atoms with E-state index in [1.165, 1.54) is 0 Å². The topological polar surface area (TPSA) is 76.1 Å². The van der Waals surface area contributed by atoms with Crippen LogP contribution in [0.4, 0.5) is 0 Å². The van der Waals surface area contributed by atoms with Crippen molar-refractivity contribution >= 4 is 11.9 Å². The Balaban J connectivity index is 1.49. The summed E-state index contributed by atoms with van der Waals surface area (Å²) in [6.07, 6.45) is 5.19. The van der Waals surface area contributed by atoms with Crippen molar-refractivity contribution in [1.29, 1.82) is 0 Å². The molecule has 23 heavy (non-hydrogen) atoms. The molecule has 3 saturated heterocycles. The van der Waals surface area contributed by atoms with Gasteiger partial charge in [0.05, 0.1) is 12.0 Å². The molecule has 0 spiro atoms. The molecule has 6 nitrogen and oxygen atoms in total. The molecule has 0 aromatic carbocycles. The Bertz CT molecular complexity index is 448. The molecule has 6 heteroatoms. The average molecular weight is 325 g/mol. The van der Waals surface area contributed by atoms with Gasteiger partial charge in [-0.2, -0.15) is 0 Å². The van der Waals surface area contributed by atoms with Gasteiger partial charge in [-0.15, -0.1) is 0 Å². The summed E-state index contributed by atoms with van der Waals surface area (Å²) in [5.41, 5.74) is -0.783. The first-order chi connectivity index (χ1) is 11.1. The first-order valence-corrected chi connectivity index (χ1v) is 8.78. The van der Waals surface area contributed by atoms with E-state index in [-0.39, 0.29) is 11.8 Å². The number of carbonyl (C=O) groups excluding carboxylic acids is 1. The molecule has 1 N–H and O–H groups in total. The van der Waals surface area contributed by atoms with Crippen LogP contribution < -0.4 is 0 Å². The van der Waals surface area contributed by atoms with Gasteiger partial charge in [0.1, 0.15) is 0 Å². The van der Waals surface area contributed by atoms with E-state index in [4.69, 9.17) is 9.47 Å². The number of hydrogen-bond acceptors (Lipinski definition) is 4. The first kappa shape index (κ1) is 16.7. The van der Waals surface area contributed by atoms with Crippen LogP contribution in [0.3, 0.4) is 0 Å². The summed E-state index contributed by atoms with van der Waals surface area (Å²) in [7, 11) is 0. The largest absolute Gasteiger partial charge is 0.481 e. The predicted octanol–water partition coefficient (Wildman–Crippen LogP) is 1.53. The van der Waals surface area contributed by atoms with Crippen molar-refractivity contribution in [2.75, 3.05) is 39.5 Å². The van der Waals surface area contributed by atoms with Crippen molar-refractivity contribution < 1.29 is 24.2 Å². The van der Waals surface area contributed by atoms with E-state index >= 15 is 0 Å². The number of carboxylic acid groups (broad SMARTS) is 1. The van der Waals surface area contributed by atoms with E-state index < -0.39 is 11.4 Å². The normalized spacial score (nSPS) is 31.8. The molecular formula is C17H27NO5. The van der Waals surface area contributed by atoms with Crippen molar-refractivity contribution in [2.45, 2.75) is 38.5 Å². The van der Waals surface area contributed by atoms with Gasteiger partial charge in [-0.3, -0.25) is 9.59 Å². The van der Waals surface area contributed by atoms with Crippen LogP contribution in [-0.2, 0) is 19.1 Å². The van der Waals surface area contributed by atoms with Crippen molar-refractivity contribution in [3.05, 3.63) is 0 Å². The molecule has 0 aromatic rings. The van der Waals surface area contributed by atoms with Gasteiger partial charge in [0.15, 0.2) is 0 Å². The molecule has 3 fully saturated rings. The summed E-state index contributed by atoms with van der Waals surface area (Å²) in [5, 5.41) is 9.64. The van der Waals surface area contributed by atoms with Crippen LogP contribution >= 0.6 is 0 Å². The molecule has 2 atom stereocenters. The van der Waals surface area contributed by atoms with Crippen LogP contribution in [0.1, 0.15) is 38.5 Å². The van der Waals surface area contributed by atoms with Crippen LogP contribution in [0.5, 0.6) is 0 Å². The monoisotopic (exact) mass is 325 g/mol. The lowest BCUT2D eigenvalue weighted by atomic mass is 9.74. The van der Waals surface area contributed by atoms with E-state index in [9.17, 15) is 14.7 Å². The molecule has 3 rings (SSSR count). The van der Waals surface area contributed by atoms with E-state index in [1.54, 1.807) is 4.90 Å². The minimum absolute atomic E-state index is 0.0619. The summed E-state index contributed by atoms with van der Waals surface area (Å²) in [6.45, 7) is 3.50. The summed E-state index contributed by atoms with van der Waals surface area (Å²) in [6, 6.07) is 0. The average Bonchev–Trinajstić information content (AvgIpc) is 2.97. The van der Waals surface area contributed by atoms with Crippen LogP contribution in [0.25, 0.3) is 0 Å². The number of rotatable bonds is 5. The fourth-order valence-corrected chi connectivity index (χ4v) is 4.22. The third-order valence-corrected chi connectivity index (χ3v) is 5.83. The molecule has 3 aliphatic heterocycles. The molecule has 1 amide bonds. The van der Waals surface area contributed by atoms with E-state index in [1.807, 2.05) is 0 Å². The van der Waals surface area contributed by atoms with Crippen molar-refractivity contribution in [2.24, 2.45) is 17.3 Å². The van der Waals surface area contributed by atoms with Crippen molar-refractivity contribution in [3.63, 3.8) is 0 Å². The Morgan fingerprint density at radius 2 is 1.96 bits per heavy atom. The third kappa shape index (κ3) is 3.53. The first-order valence-electron chi connectivity index (χ1n) is 8.78. The summed E-state index contributed by atoms with van der Waals surface area (Å²) >= 11 is 0. The molecule has 0 aliphatic carbocycles. The summed E-state index contributed by atoms with van der Waals surface area (Å²) < 4.78 is 10.8. The van der Waals surface area contributed by atoms with E-state index in [2.05, 4.69) is 0 Å². The SMILES string of the molecule is O=C(CCCC1CCOCC1)N1C[C@H]2COCC[C@@]2(C(=O)O)C1. The Kier molecular flexibility index (Phi) is 5.21. The second-order valence-corrected chi connectivity index (χ2v) is 7.21. The van der Waals surface area contributed by atoms with Crippen molar-refractivity contribution in [1.82, 2.24) is 4.90 Å². The Hall–Kier alpha value is -1.14. The Morgan fingerprint density at radius 3 is 2.65 bits per heavy atom. The second kappa shape index (κ2) is 7.18. The molecule has 3 heterocycles. The number of ether oxygens (including phenoxy) is 2. The molecule has 0 bridgehead atoms. The van der Waals surface area contributed by atoms with E-state index in [0.717, 1.165) is 38.9 Å². The molecule has 0 saturated carbocycles. The molecule has 0 aromatic heterocycles. The Morgan fingerprint density at radius 1 is 1.17 bits per heavy atom. The number of hydrogen-bond donors (Lipinski definition) is 1. The highest BCUT2D eigenvalue weighted by Gasteiger charge is 2.54.